The summed E-state index contributed by atoms with van der Waals surface area (Å²) in [7, 11) is 0. The van der Waals surface area contributed by atoms with Crippen molar-refractivity contribution in [3.63, 3.8) is 0 Å². The molecule has 0 aliphatic heterocycles. The standard InChI is InChI=1S/C20H22O4/c1-20(2,3)18(21)14-24-19(22)16-9-11-17(12-10-16)23-13-15-7-5-4-6-8-15/h4-12H,13-14H2,1-3H3. The van der Waals surface area contributed by atoms with Gasteiger partial charge in [0.25, 0.3) is 0 Å². The van der Waals surface area contributed by atoms with Gasteiger partial charge in [-0.05, 0) is 29.8 Å². The molecule has 0 unspecified atom stereocenters. The second-order valence-electron chi connectivity index (χ2n) is 6.55. The largest absolute Gasteiger partial charge is 0.489 e. The molecule has 0 fully saturated rings. The van der Waals surface area contributed by atoms with E-state index in [1.807, 2.05) is 30.3 Å². The van der Waals surface area contributed by atoms with Crippen molar-refractivity contribution in [2.45, 2.75) is 27.4 Å². The van der Waals surface area contributed by atoms with Crippen LogP contribution in [-0.2, 0) is 16.1 Å². The molecule has 0 aliphatic carbocycles. The molecular formula is C20H22O4. The van der Waals surface area contributed by atoms with Gasteiger partial charge in [0, 0.05) is 5.41 Å². The third kappa shape index (κ3) is 5.23. The minimum absolute atomic E-state index is 0.112. The van der Waals surface area contributed by atoms with E-state index in [2.05, 4.69) is 0 Å². The van der Waals surface area contributed by atoms with E-state index in [-0.39, 0.29) is 12.4 Å². The van der Waals surface area contributed by atoms with Gasteiger partial charge in [0.2, 0.25) is 0 Å². The minimum Gasteiger partial charge on any atom is -0.489 e. The predicted octanol–water partition coefficient (Wildman–Crippen LogP) is 4.04. The smallest absolute Gasteiger partial charge is 0.338 e. The van der Waals surface area contributed by atoms with Gasteiger partial charge in [-0.1, -0.05) is 51.1 Å². The molecule has 2 aromatic rings. The molecule has 0 aliphatic rings. The summed E-state index contributed by atoms with van der Waals surface area (Å²) < 4.78 is 10.7. The maximum atomic E-state index is 12.0. The molecule has 4 heteroatoms. The lowest BCUT2D eigenvalue weighted by atomic mass is 9.91. The molecule has 0 radical (unpaired) electrons. The summed E-state index contributed by atoms with van der Waals surface area (Å²) in [6.07, 6.45) is 0. The van der Waals surface area contributed by atoms with Crippen LogP contribution in [0.2, 0.25) is 0 Å². The van der Waals surface area contributed by atoms with Gasteiger partial charge in [0.15, 0.2) is 12.4 Å². The van der Waals surface area contributed by atoms with E-state index in [9.17, 15) is 9.59 Å². The second kappa shape index (κ2) is 7.77. The third-order valence-corrected chi connectivity index (χ3v) is 3.51. The number of Topliss-reactive ketones (excluding diaryl/α,β-unsaturated/α-hetero) is 1. The van der Waals surface area contributed by atoms with Gasteiger partial charge in [-0.3, -0.25) is 4.79 Å². The molecule has 0 bridgehead atoms. The van der Waals surface area contributed by atoms with Gasteiger partial charge in [-0.25, -0.2) is 4.79 Å². The molecule has 2 rings (SSSR count). The lowest BCUT2D eigenvalue weighted by molar-refractivity contribution is -0.129. The molecule has 0 saturated heterocycles. The van der Waals surface area contributed by atoms with E-state index in [4.69, 9.17) is 9.47 Å². The number of ether oxygens (including phenoxy) is 2. The Morgan fingerprint density at radius 3 is 2.12 bits per heavy atom. The number of carbonyl (C=O) groups excluding carboxylic acids is 2. The monoisotopic (exact) mass is 326 g/mol. The molecule has 0 N–H and O–H groups in total. The Labute approximate surface area is 142 Å². The fourth-order valence-electron chi connectivity index (χ4n) is 1.86. The SMILES string of the molecule is CC(C)(C)C(=O)COC(=O)c1ccc(OCc2ccccc2)cc1. The average Bonchev–Trinajstić information content (AvgIpc) is 2.58. The molecule has 0 spiro atoms. The lowest BCUT2D eigenvalue weighted by Crippen LogP contribution is -2.26. The number of benzene rings is 2. The van der Waals surface area contributed by atoms with Crippen molar-refractivity contribution < 1.29 is 19.1 Å². The van der Waals surface area contributed by atoms with Gasteiger partial charge in [0.1, 0.15) is 12.4 Å². The maximum Gasteiger partial charge on any atom is 0.338 e. The fraction of sp³-hybridized carbons (Fsp3) is 0.300. The molecule has 0 saturated carbocycles. The van der Waals surface area contributed by atoms with Gasteiger partial charge < -0.3 is 9.47 Å². The van der Waals surface area contributed by atoms with Crippen molar-refractivity contribution in [2.24, 2.45) is 5.41 Å². The normalized spacial score (nSPS) is 11.0. The molecular weight excluding hydrogens is 304 g/mol. The van der Waals surface area contributed by atoms with E-state index < -0.39 is 11.4 Å². The summed E-state index contributed by atoms with van der Waals surface area (Å²) >= 11 is 0. The van der Waals surface area contributed by atoms with E-state index in [1.165, 1.54) is 0 Å². The van der Waals surface area contributed by atoms with Crippen LogP contribution in [0.4, 0.5) is 0 Å². The second-order valence-corrected chi connectivity index (χ2v) is 6.55. The zero-order valence-corrected chi connectivity index (χ0v) is 14.2. The molecule has 24 heavy (non-hydrogen) atoms. The van der Waals surface area contributed by atoms with Crippen LogP contribution in [0.3, 0.4) is 0 Å². The van der Waals surface area contributed by atoms with Crippen LogP contribution in [0.1, 0.15) is 36.7 Å². The molecule has 4 nitrogen and oxygen atoms in total. The Morgan fingerprint density at radius 2 is 1.54 bits per heavy atom. The van der Waals surface area contributed by atoms with Crippen LogP contribution >= 0.6 is 0 Å². The average molecular weight is 326 g/mol. The van der Waals surface area contributed by atoms with Crippen molar-refractivity contribution in [1.29, 1.82) is 0 Å². The number of esters is 1. The first kappa shape index (κ1) is 17.7. The van der Waals surface area contributed by atoms with Crippen LogP contribution in [-0.4, -0.2) is 18.4 Å². The maximum absolute atomic E-state index is 12.0. The topological polar surface area (TPSA) is 52.6 Å². The van der Waals surface area contributed by atoms with Crippen molar-refractivity contribution >= 4 is 11.8 Å². The van der Waals surface area contributed by atoms with Gasteiger partial charge in [-0.2, -0.15) is 0 Å². The Bertz CT molecular complexity index is 682. The van der Waals surface area contributed by atoms with Gasteiger partial charge in [0.05, 0.1) is 5.56 Å². The highest BCUT2D eigenvalue weighted by Crippen LogP contribution is 2.17. The Morgan fingerprint density at radius 1 is 0.917 bits per heavy atom. The number of hydrogen-bond donors (Lipinski definition) is 0. The third-order valence-electron chi connectivity index (χ3n) is 3.51. The molecule has 0 amide bonds. The summed E-state index contributed by atoms with van der Waals surface area (Å²) in [6, 6.07) is 16.5. The number of ketones is 1. The Balaban J connectivity index is 1.87. The van der Waals surface area contributed by atoms with Crippen molar-refractivity contribution in [2.75, 3.05) is 6.61 Å². The summed E-state index contributed by atoms with van der Waals surface area (Å²) in [4.78, 5) is 23.7. The molecule has 126 valence electrons. The summed E-state index contributed by atoms with van der Waals surface area (Å²) in [6.45, 7) is 5.63. The molecule has 0 atom stereocenters. The summed E-state index contributed by atoms with van der Waals surface area (Å²) in [5, 5.41) is 0. The van der Waals surface area contributed by atoms with Crippen molar-refractivity contribution in [1.82, 2.24) is 0 Å². The first-order chi connectivity index (χ1) is 11.4. The lowest BCUT2D eigenvalue weighted by Gasteiger charge is -2.16. The quantitative estimate of drug-likeness (QED) is 0.752. The first-order valence-corrected chi connectivity index (χ1v) is 7.83. The van der Waals surface area contributed by atoms with Crippen LogP contribution in [0.25, 0.3) is 0 Å². The van der Waals surface area contributed by atoms with Gasteiger partial charge >= 0.3 is 5.97 Å². The zero-order valence-electron chi connectivity index (χ0n) is 14.2. The van der Waals surface area contributed by atoms with Crippen LogP contribution in [0.5, 0.6) is 5.75 Å². The van der Waals surface area contributed by atoms with E-state index in [1.54, 1.807) is 45.0 Å². The summed E-state index contributed by atoms with van der Waals surface area (Å²) in [5.74, 6) is 0.0436. The minimum atomic E-state index is -0.518. The van der Waals surface area contributed by atoms with Crippen LogP contribution < -0.4 is 4.74 Å². The predicted molar refractivity (Wildman–Crippen MR) is 92.0 cm³/mol. The molecule has 0 heterocycles. The van der Waals surface area contributed by atoms with E-state index in [0.29, 0.717) is 17.9 Å². The molecule has 0 aromatic heterocycles. The van der Waals surface area contributed by atoms with Crippen molar-refractivity contribution in [3.8, 4) is 5.75 Å². The number of hydrogen-bond acceptors (Lipinski definition) is 4. The van der Waals surface area contributed by atoms with E-state index in [0.717, 1.165) is 5.56 Å². The number of carbonyl (C=O) groups is 2. The zero-order chi connectivity index (χ0) is 17.6. The Kier molecular flexibility index (Phi) is 5.74. The van der Waals surface area contributed by atoms with Crippen LogP contribution in [0.15, 0.2) is 54.6 Å². The molecule has 2 aromatic carbocycles. The Hall–Kier alpha value is -2.62. The highest BCUT2D eigenvalue weighted by Gasteiger charge is 2.22. The first-order valence-electron chi connectivity index (χ1n) is 7.83. The van der Waals surface area contributed by atoms with Crippen molar-refractivity contribution in [3.05, 3.63) is 65.7 Å². The van der Waals surface area contributed by atoms with E-state index >= 15 is 0 Å². The highest BCUT2D eigenvalue weighted by atomic mass is 16.5. The van der Waals surface area contributed by atoms with Crippen LogP contribution in [0, 0.1) is 5.41 Å². The van der Waals surface area contributed by atoms with Gasteiger partial charge in [-0.15, -0.1) is 0 Å². The summed E-state index contributed by atoms with van der Waals surface area (Å²) in [5.41, 5.74) is 0.945. The highest BCUT2D eigenvalue weighted by molar-refractivity contribution is 5.92. The number of rotatable bonds is 6. The fourth-order valence-corrected chi connectivity index (χ4v) is 1.86.